The molecule has 0 aliphatic carbocycles. The number of anilines is 1. The summed E-state index contributed by atoms with van der Waals surface area (Å²) < 4.78 is 26.5. The van der Waals surface area contributed by atoms with Crippen molar-refractivity contribution >= 4 is 21.6 Å². The van der Waals surface area contributed by atoms with E-state index in [2.05, 4.69) is 38.1 Å². The number of nitrogens with zero attached hydrogens (tertiary/aromatic N) is 2. The molecule has 0 unspecified atom stereocenters. The minimum atomic E-state index is -3.31. The predicted octanol–water partition coefficient (Wildman–Crippen LogP) is 4.32. The van der Waals surface area contributed by atoms with Crippen molar-refractivity contribution in [3.63, 3.8) is 0 Å². The summed E-state index contributed by atoms with van der Waals surface area (Å²) in [6.07, 6.45) is 1.53. The molecule has 29 heavy (non-hydrogen) atoms. The largest absolute Gasteiger partial charge is 0.337 e. The molecule has 1 aliphatic heterocycles. The SMILES string of the molecule is Cc1ccc(C(=O)N(C)Cc2ccc(C(C)C)cc2)cc1N1CCCCS1(=O)=O. The Bertz CT molecular complexity index is 982. The van der Waals surface area contributed by atoms with E-state index in [1.165, 1.54) is 9.87 Å². The van der Waals surface area contributed by atoms with E-state index in [4.69, 9.17) is 0 Å². The molecule has 0 aromatic heterocycles. The minimum Gasteiger partial charge on any atom is -0.337 e. The normalized spacial score (nSPS) is 16.1. The topological polar surface area (TPSA) is 57.7 Å². The zero-order valence-electron chi connectivity index (χ0n) is 17.7. The highest BCUT2D eigenvalue weighted by atomic mass is 32.2. The summed E-state index contributed by atoms with van der Waals surface area (Å²) in [7, 11) is -1.54. The van der Waals surface area contributed by atoms with Gasteiger partial charge < -0.3 is 4.90 Å². The number of carbonyl (C=O) groups is 1. The Hall–Kier alpha value is -2.34. The summed E-state index contributed by atoms with van der Waals surface area (Å²) in [5.74, 6) is 0.519. The second-order valence-corrected chi connectivity index (χ2v) is 10.2. The molecular weight excluding hydrogens is 384 g/mol. The van der Waals surface area contributed by atoms with Gasteiger partial charge in [-0.2, -0.15) is 0 Å². The highest BCUT2D eigenvalue weighted by Crippen LogP contribution is 2.28. The van der Waals surface area contributed by atoms with Crippen molar-refractivity contribution in [1.29, 1.82) is 0 Å². The smallest absolute Gasteiger partial charge is 0.253 e. The molecule has 156 valence electrons. The average molecular weight is 415 g/mol. The Morgan fingerprint density at radius 1 is 1.10 bits per heavy atom. The van der Waals surface area contributed by atoms with Gasteiger partial charge >= 0.3 is 0 Å². The number of aryl methyl sites for hydroxylation is 1. The molecule has 0 saturated carbocycles. The first-order chi connectivity index (χ1) is 13.7. The van der Waals surface area contributed by atoms with Gasteiger partial charge in [-0.1, -0.05) is 44.2 Å². The fourth-order valence-electron chi connectivity index (χ4n) is 3.64. The number of sulfonamides is 1. The standard InChI is InChI=1S/C23H30N2O3S/c1-17(2)20-11-8-19(9-12-20)16-24(4)23(26)21-10-7-18(3)22(15-21)25-13-5-6-14-29(25,27)28/h7-12,15,17H,5-6,13-14,16H2,1-4H3. The minimum absolute atomic E-state index is 0.117. The van der Waals surface area contributed by atoms with Gasteiger partial charge in [0, 0.05) is 25.7 Å². The van der Waals surface area contributed by atoms with Crippen LogP contribution in [0.25, 0.3) is 0 Å². The predicted molar refractivity (Wildman–Crippen MR) is 118 cm³/mol. The van der Waals surface area contributed by atoms with E-state index in [0.717, 1.165) is 17.5 Å². The third kappa shape index (κ3) is 4.81. The Morgan fingerprint density at radius 2 is 1.79 bits per heavy atom. The van der Waals surface area contributed by atoms with Crippen LogP contribution in [0.2, 0.25) is 0 Å². The molecule has 2 aromatic carbocycles. The van der Waals surface area contributed by atoms with Crippen LogP contribution in [-0.2, 0) is 16.6 Å². The quantitative estimate of drug-likeness (QED) is 0.732. The van der Waals surface area contributed by atoms with Crippen molar-refractivity contribution < 1.29 is 13.2 Å². The van der Waals surface area contributed by atoms with Crippen LogP contribution in [0.1, 0.15) is 59.7 Å². The Kier molecular flexibility index (Phi) is 6.32. The lowest BCUT2D eigenvalue weighted by Gasteiger charge is -2.30. The van der Waals surface area contributed by atoms with E-state index in [0.29, 0.717) is 36.7 Å². The lowest BCUT2D eigenvalue weighted by Crippen LogP contribution is -2.38. The van der Waals surface area contributed by atoms with Crippen LogP contribution in [-0.4, -0.2) is 38.6 Å². The number of amides is 1. The van der Waals surface area contributed by atoms with Gasteiger partial charge in [0.1, 0.15) is 0 Å². The fraction of sp³-hybridized carbons (Fsp3) is 0.435. The fourth-order valence-corrected chi connectivity index (χ4v) is 5.34. The van der Waals surface area contributed by atoms with Crippen LogP contribution in [0, 0.1) is 6.92 Å². The van der Waals surface area contributed by atoms with E-state index in [-0.39, 0.29) is 11.7 Å². The van der Waals surface area contributed by atoms with Gasteiger partial charge in [-0.3, -0.25) is 9.10 Å². The molecule has 5 nitrogen and oxygen atoms in total. The third-order valence-corrected chi connectivity index (χ3v) is 7.34. The van der Waals surface area contributed by atoms with E-state index in [9.17, 15) is 13.2 Å². The number of carbonyl (C=O) groups excluding carboxylic acids is 1. The lowest BCUT2D eigenvalue weighted by molar-refractivity contribution is 0.0785. The first kappa shape index (κ1) is 21.4. The number of hydrogen-bond acceptors (Lipinski definition) is 3. The highest BCUT2D eigenvalue weighted by Gasteiger charge is 2.28. The zero-order chi connectivity index (χ0) is 21.2. The van der Waals surface area contributed by atoms with Crippen LogP contribution >= 0.6 is 0 Å². The van der Waals surface area contributed by atoms with Crippen LogP contribution < -0.4 is 4.31 Å². The summed E-state index contributed by atoms with van der Waals surface area (Å²) in [4.78, 5) is 14.7. The van der Waals surface area contributed by atoms with Crippen molar-refractivity contribution in [3.8, 4) is 0 Å². The molecule has 1 fully saturated rings. The summed E-state index contributed by atoms with van der Waals surface area (Å²) >= 11 is 0. The molecular formula is C23H30N2O3S. The average Bonchev–Trinajstić information content (AvgIpc) is 2.68. The molecule has 1 saturated heterocycles. The van der Waals surface area contributed by atoms with Crippen molar-refractivity contribution in [2.45, 2.75) is 46.1 Å². The van der Waals surface area contributed by atoms with E-state index >= 15 is 0 Å². The molecule has 6 heteroatoms. The number of hydrogen-bond donors (Lipinski definition) is 0. The summed E-state index contributed by atoms with van der Waals surface area (Å²) in [5.41, 5.74) is 4.32. The van der Waals surface area contributed by atoms with Crippen LogP contribution in [0.5, 0.6) is 0 Å². The molecule has 3 rings (SSSR count). The van der Waals surface area contributed by atoms with E-state index in [1.807, 2.05) is 13.0 Å². The van der Waals surface area contributed by atoms with Gasteiger partial charge in [0.25, 0.3) is 5.91 Å². The summed E-state index contributed by atoms with van der Waals surface area (Å²) in [6.45, 7) is 7.17. The molecule has 1 heterocycles. The molecule has 0 bridgehead atoms. The summed E-state index contributed by atoms with van der Waals surface area (Å²) in [6, 6.07) is 13.6. The second-order valence-electron chi connectivity index (χ2n) is 8.15. The lowest BCUT2D eigenvalue weighted by atomic mass is 10.0. The summed E-state index contributed by atoms with van der Waals surface area (Å²) in [5, 5.41) is 0. The molecule has 0 radical (unpaired) electrons. The molecule has 1 amide bonds. The Morgan fingerprint density at radius 3 is 2.41 bits per heavy atom. The van der Waals surface area contributed by atoms with E-state index in [1.54, 1.807) is 24.1 Å². The molecule has 1 aliphatic rings. The highest BCUT2D eigenvalue weighted by molar-refractivity contribution is 7.92. The molecule has 0 atom stereocenters. The van der Waals surface area contributed by atoms with Gasteiger partial charge in [0.2, 0.25) is 10.0 Å². The van der Waals surface area contributed by atoms with Crippen LogP contribution in [0.15, 0.2) is 42.5 Å². The van der Waals surface area contributed by atoms with Crippen molar-refractivity contribution in [2.75, 3.05) is 23.7 Å². The maximum atomic E-state index is 13.0. The van der Waals surface area contributed by atoms with Gasteiger partial charge in [0.15, 0.2) is 0 Å². The first-order valence-corrected chi connectivity index (χ1v) is 11.8. The van der Waals surface area contributed by atoms with E-state index < -0.39 is 10.0 Å². The third-order valence-electron chi connectivity index (χ3n) is 5.49. The van der Waals surface area contributed by atoms with Gasteiger partial charge in [-0.15, -0.1) is 0 Å². The van der Waals surface area contributed by atoms with Gasteiger partial charge in [-0.25, -0.2) is 8.42 Å². The maximum Gasteiger partial charge on any atom is 0.253 e. The second kappa shape index (κ2) is 8.57. The zero-order valence-corrected chi connectivity index (χ0v) is 18.5. The molecule has 0 spiro atoms. The first-order valence-electron chi connectivity index (χ1n) is 10.1. The maximum absolute atomic E-state index is 13.0. The number of rotatable bonds is 5. The molecule has 0 N–H and O–H groups in total. The van der Waals surface area contributed by atoms with Crippen molar-refractivity contribution in [1.82, 2.24) is 4.90 Å². The number of benzene rings is 2. The monoisotopic (exact) mass is 414 g/mol. The van der Waals surface area contributed by atoms with Crippen LogP contribution in [0.4, 0.5) is 5.69 Å². The van der Waals surface area contributed by atoms with Gasteiger partial charge in [0.05, 0.1) is 11.4 Å². The Balaban J connectivity index is 1.80. The van der Waals surface area contributed by atoms with Crippen molar-refractivity contribution in [3.05, 3.63) is 64.7 Å². The Labute approximate surface area is 174 Å². The van der Waals surface area contributed by atoms with Crippen molar-refractivity contribution in [2.24, 2.45) is 0 Å². The van der Waals surface area contributed by atoms with Crippen LogP contribution in [0.3, 0.4) is 0 Å². The van der Waals surface area contributed by atoms with Gasteiger partial charge in [-0.05, 0) is 54.5 Å². The molecule has 2 aromatic rings.